The summed E-state index contributed by atoms with van der Waals surface area (Å²) in [5.41, 5.74) is 1.98. The van der Waals surface area contributed by atoms with Crippen molar-refractivity contribution >= 4 is 11.9 Å². The maximum Gasteiger partial charge on any atom is 0.317 e. The fourth-order valence-corrected chi connectivity index (χ4v) is 3.98. The highest BCUT2D eigenvalue weighted by atomic mass is 16.5. The van der Waals surface area contributed by atoms with Gasteiger partial charge in [-0.25, -0.2) is 9.78 Å². The number of hydrogen-bond acceptors (Lipinski definition) is 6. The van der Waals surface area contributed by atoms with Crippen LogP contribution in [0.3, 0.4) is 0 Å². The first-order valence-electron chi connectivity index (χ1n) is 12.0. The summed E-state index contributed by atoms with van der Waals surface area (Å²) >= 11 is 0. The Morgan fingerprint density at radius 3 is 2.69 bits per heavy atom. The first kappa shape index (κ1) is 26.3. The Kier molecular flexibility index (Phi) is 8.92. The van der Waals surface area contributed by atoms with Gasteiger partial charge in [0.05, 0.1) is 26.3 Å². The van der Waals surface area contributed by atoms with Gasteiger partial charge in [-0.2, -0.15) is 0 Å². The molecule has 1 aliphatic heterocycles. The van der Waals surface area contributed by atoms with Crippen molar-refractivity contribution in [1.29, 1.82) is 0 Å². The van der Waals surface area contributed by atoms with Crippen molar-refractivity contribution < 1.29 is 24.2 Å². The smallest absolute Gasteiger partial charge is 0.317 e. The molecule has 3 atom stereocenters. The number of ether oxygens (including phenoxy) is 2. The number of urea groups is 1. The summed E-state index contributed by atoms with van der Waals surface area (Å²) in [5, 5.41) is 12.7. The molecule has 3 amide bonds. The molecule has 1 aliphatic rings. The molecule has 190 valence electrons. The number of methoxy groups -OCH3 is 1. The van der Waals surface area contributed by atoms with Crippen LogP contribution in [0.1, 0.15) is 37.6 Å². The Morgan fingerprint density at radius 1 is 1.34 bits per heavy atom. The molecule has 0 fully saturated rings. The minimum absolute atomic E-state index is 0.106. The highest BCUT2D eigenvalue weighted by Crippen LogP contribution is 2.31. The molecule has 0 saturated heterocycles. The van der Waals surface area contributed by atoms with E-state index in [1.807, 2.05) is 45.0 Å². The molecule has 0 aliphatic carbocycles. The lowest BCUT2D eigenvalue weighted by molar-refractivity contribution is 0.0352. The number of carbonyl (C=O) groups excluding carboxylic acids is 2. The van der Waals surface area contributed by atoms with Crippen LogP contribution >= 0.6 is 0 Å². The summed E-state index contributed by atoms with van der Waals surface area (Å²) in [6, 6.07) is 8.72. The van der Waals surface area contributed by atoms with E-state index in [-0.39, 0.29) is 36.4 Å². The van der Waals surface area contributed by atoms with Crippen LogP contribution < -0.4 is 14.8 Å². The van der Waals surface area contributed by atoms with Crippen LogP contribution in [0.4, 0.5) is 4.79 Å². The number of nitrogens with zero attached hydrogens (tertiary/aromatic N) is 3. The van der Waals surface area contributed by atoms with Crippen LogP contribution in [0.5, 0.6) is 11.6 Å². The van der Waals surface area contributed by atoms with E-state index in [2.05, 4.69) is 10.3 Å². The van der Waals surface area contributed by atoms with E-state index in [9.17, 15) is 14.7 Å². The fraction of sp³-hybridized carbons (Fsp3) is 0.500. The third-order valence-electron chi connectivity index (χ3n) is 6.27. The van der Waals surface area contributed by atoms with E-state index in [0.717, 1.165) is 23.3 Å². The molecule has 2 heterocycles. The molecule has 2 N–H and O–H groups in total. The summed E-state index contributed by atoms with van der Waals surface area (Å²) in [6.45, 7) is 6.92. The number of aliphatic hydroxyl groups excluding tert-OH is 1. The van der Waals surface area contributed by atoms with Crippen LogP contribution in [-0.4, -0.2) is 84.4 Å². The van der Waals surface area contributed by atoms with Crippen LogP contribution in [0.25, 0.3) is 11.1 Å². The Balaban J connectivity index is 1.96. The predicted octanol–water partition coefficient (Wildman–Crippen LogP) is 3.03. The van der Waals surface area contributed by atoms with Crippen LogP contribution in [-0.2, 0) is 0 Å². The van der Waals surface area contributed by atoms with Crippen molar-refractivity contribution in [3.8, 4) is 22.8 Å². The first-order chi connectivity index (χ1) is 16.8. The van der Waals surface area contributed by atoms with Crippen molar-refractivity contribution in [2.75, 3.05) is 40.4 Å². The van der Waals surface area contributed by atoms with Gasteiger partial charge in [0.1, 0.15) is 17.4 Å². The normalized spacial score (nSPS) is 18.6. The van der Waals surface area contributed by atoms with E-state index in [1.54, 1.807) is 36.2 Å². The van der Waals surface area contributed by atoms with Gasteiger partial charge in [-0.1, -0.05) is 26.0 Å². The van der Waals surface area contributed by atoms with E-state index < -0.39 is 6.10 Å². The Hall–Kier alpha value is -3.33. The van der Waals surface area contributed by atoms with Gasteiger partial charge < -0.3 is 29.7 Å². The summed E-state index contributed by atoms with van der Waals surface area (Å²) in [6.07, 6.45) is 2.13. The maximum atomic E-state index is 13.6. The minimum Gasteiger partial charge on any atom is -0.497 e. The van der Waals surface area contributed by atoms with Gasteiger partial charge in [0.2, 0.25) is 5.88 Å². The van der Waals surface area contributed by atoms with Gasteiger partial charge in [-0.15, -0.1) is 0 Å². The Bertz CT molecular complexity index is 1010. The lowest BCUT2D eigenvalue weighted by atomic mass is 9.99. The predicted molar refractivity (Wildman–Crippen MR) is 134 cm³/mol. The lowest BCUT2D eigenvalue weighted by Crippen LogP contribution is -2.51. The summed E-state index contributed by atoms with van der Waals surface area (Å²) < 4.78 is 11.5. The van der Waals surface area contributed by atoms with Gasteiger partial charge in [0.25, 0.3) is 5.91 Å². The van der Waals surface area contributed by atoms with E-state index >= 15 is 0 Å². The lowest BCUT2D eigenvalue weighted by Gasteiger charge is -2.37. The van der Waals surface area contributed by atoms with Crippen molar-refractivity contribution in [3.63, 3.8) is 0 Å². The molecular weight excluding hydrogens is 448 g/mol. The highest BCUT2D eigenvalue weighted by molar-refractivity contribution is 5.98. The van der Waals surface area contributed by atoms with E-state index in [4.69, 9.17) is 9.47 Å². The second kappa shape index (κ2) is 11.9. The van der Waals surface area contributed by atoms with Crippen molar-refractivity contribution in [2.24, 2.45) is 5.92 Å². The molecule has 0 radical (unpaired) electrons. The number of aromatic nitrogens is 1. The molecule has 0 unspecified atom stereocenters. The highest BCUT2D eigenvalue weighted by Gasteiger charge is 2.34. The average Bonchev–Trinajstić information content (AvgIpc) is 2.88. The number of carbonyl (C=O) groups is 2. The van der Waals surface area contributed by atoms with Gasteiger partial charge >= 0.3 is 6.03 Å². The number of amides is 3. The summed E-state index contributed by atoms with van der Waals surface area (Å²) in [4.78, 5) is 33.8. The topological polar surface area (TPSA) is 104 Å². The SMILES string of the molecule is CCCNC(=O)N(C)C[C@@H]1Oc2ncc(-c3ccc(OC)cc3)cc2C(=O)N([C@@H](C)CO)C[C@@H]1C. The van der Waals surface area contributed by atoms with E-state index in [0.29, 0.717) is 25.2 Å². The van der Waals surface area contributed by atoms with Crippen LogP contribution in [0.15, 0.2) is 36.5 Å². The number of pyridine rings is 1. The molecule has 1 aromatic heterocycles. The molecule has 3 rings (SSSR count). The second-order valence-corrected chi connectivity index (χ2v) is 9.04. The maximum absolute atomic E-state index is 13.6. The second-order valence-electron chi connectivity index (χ2n) is 9.04. The molecule has 9 heteroatoms. The molecule has 35 heavy (non-hydrogen) atoms. The average molecular weight is 485 g/mol. The number of aliphatic hydroxyl groups is 1. The van der Waals surface area contributed by atoms with Gasteiger partial charge in [0, 0.05) is 37.8 Å². The minimum atomic E-state index is -0.396. The largest absolute Gasteiger partial charge is 0.497 e. The monoisotopic (exact) mass is 484 g/mol. The Labute approximate surface area is 207 Å². The number of fused-ring (bicyclic) bond motifs is 1. The zero-order valence-corrected chi connectivity index (χ0v) is 21.2. The molecule has 9 nitrogen and oxygen atoms in total. The zero-order chi connectivity index (χ0) is 25.5. The van der Waals surface area contributed by atoms with Crippen LogP contribution in [0.2, 0.25) is 0 Å². The zero-order valence-electron chi connectivity index (χ0n) is 21.2. The number of likely N-dealkylation sites (N-methyl/N-ethyl adjacent to an activating group) is 1. The Morgan fingerprint density at radius 2 is 2.06 bits per heavy atom. The quantitative estimate of drug-likeness (QED) is 0.597. The molecule has 0 saturated carbocycles. The number of benzene rings is 1. The molecule has 0 spiro atoms. The first-order valence-corrected chi connectivity index (χ1v) is 12.0. The van der Waals surface area contributed by atoms with Gasteiger partial charge in [0.15, 0.2) is 0 Å². The molecule has 0 bridgehead atoms. The fourth-order valence-electron chi connectivity index (χ4n) is 3.98. The summed E-state index contributed by atoms with van der Waals surface area (Å²) in [5.74, 6) is 0.606. The molecular formula is C26H36N4O5. The number of hydrogen-bond donors (Lipinski definition) is 2. The van der Waals surface area contributed by atoms with Crippen LogP contribution in [0, 0.1) is 5.92 Å². The van der Waals surface area contributed by atoms with Crippen molar-refractivity contribution in [3.05, 3.63) is 42.1 Å². The molecule has 2 aromatic rings. The van der Waals surface area contributed by atoms with Gasteiger partial charge in [-0.3, -0.25) is 4.79 Å². The van der Waals surface area contributed by atoms with E-state index in [1.165, 1.54) is 0 Å². The van der Waals surface area contributed by atoms with Crippen molar-refractivity contribution in [1.82, 2.24) is 20.1 Å². The van der Waals surface area contributed by atoms with Gasteiger partial charge in [-0.05, 0) is 37.1 Å². The van der Waals surface area contributed by atoms with Crippen molar-refractivity contribution in [2.45, 2.75) is 39.3 Å². The third-order valence-corrected chi connectivity index (χ3v) is 6.27. The molecule has 1 aromatic carbocycles. The standard InChI is InChI=1S/C26H36N4O5/c1-6-11-27-26(33)29(4)15-23-17(2)14-30(18(3)16-31)25(32)22-12-20(13-28-24(22)35-23)19-7-9-21(34-5)10-8-19/h7-10,12-13,17-18,23,31H,6,11,14-16H2,1-5H3,(H,27,33)/t17-,18-,23-/m0/s1. The number of rotatable bonds is 8. The summed E-state index contributed by atoms with van der Waals surface area (Å²) in [7, 11) is 3.33. The number of nitrogens with one attached hydrogen (secondary N) is 1. The third kappa shape index (κ3) is 6.22.